The Morgan fingerprint density at radius 3 is 2.43 bits per heavy atom. The molecule has 15 heteroatoms. The maximum Gasteiger partial charge on any atom is 0.490 e. The molecule has 232 valence electrons. The van der Waals surface area contributed by atoms with E-state index in [0.717, 1.165) is 22.7 Å². The molecule has 0 bridgehead atoms. The third-order valence-corrected chi connectivity index (χ3v) is 7.56. The van der Waals surface area contributed by atoms with E-state index in [1.165, 1.54) is 4.90 Å². The lowest BCUT2D eigenvalue weighted by molar-refractivity contribution is -0.192. The van der Waals surface area contributed by atoms with Gasteiger partial charge in [0, 0.05) is 0 Å². The Morgan fingerprint density at radius 1 is 1.16 bits per heavy atom. The zero-order valence-corrected chi connectivity index (χ0v) is 25.1. The summed E-state index contributed by atoms with van der Waals surface area (Å²) in [4.78, 5) is 54.1. The highest BCUT2D eigenvalue weighted by Crippen LogP contribution is 2.32. The standard InChI is InChI=1S/C27H25ClN4O4S.C2HF3O2/c1-15(23-29-14-27(2,3)31-23)36-17-7-4-6-16(12-17)13-32-25(34)18-8-5-9-19(22(18)26(32)35)30-24(33)20-10-11-21(28)37-20;3-2(4,5)1(6)7/h4-12,15H,13-14H2,1-3H3,(H,29,31)(H,30,33);(H,6,7). The van der Waals surface area contributed by atoms with Crippen LogP contribution in [0.3, 0.4) is 0 Å². The number of imide groups is 1. The van der Waals surface area contributed by atoms with Crippen molar-refractivity contribution >= 4 is 58.2 Å². The predicted octanol–water partition coefficient (Wildman–Crippen LogP) is 5.63. The van der Waals surface area contributed by atoms with Crippen LogP contribution in [0, 0.1) is 0 Å². The van der Waals surface area contributed by atoms with E-state index in [1.807, 2.05) is 31.2 Å². The number of nitrogens with one attached hydrogen (secondary N) is 2. The maximum absolute atomic E-state index is 13.3. The number of fused-ring (bicyclic) bond motifs is 1. The molecule has 0 aliphatic carbocycles. The lowest BCUT2D eigenvalue weighted by Crippen LogP contribution is -2.44. The van der Waals surface area contributed by atoms with Gasteiger partial charge >= 0.3 is 12.1 Å². The average molecular weight is 651 g/mol. The molecule has 0 radical (unpaired) electrons. The Kier molecular flexibility index (Phi) is 9.35. The third-order valence-electron chi connectivity index (χ3n) is 6.33. The Hall–Kier alpha value is -4.43. The highest BCUT2D eigenvalue weighted by molar-refractivity contribution is 7.18. The van der Waals surface area contributed by atoms with Crippen molar-refractivity contribution in [1.29, 1.82) is 0 Å². The molecule has 1 atom stereocenters. The summed E-state index contributed by atoms with van der Waals surface area (Å²) in [7, 11) is 0. The zero-order chi connectivity index (χ0) is 32.4. The van der Waals surface area contributed by atoms with E-state index in [2.05, 4.69) is 29.5 Å². The van der Waals surface area contributed by atoms with Gasteiger partial charge in [0.05, 0.1) is 44.7 Å². The van der Waals surface area contributed by atoms with E-state index >= 15 is 0 Å². The Morgan fingerprint density at radius 2 is 1.84 bits per heavy atom. The first-order valence-electron chi connectivity index (χ1n) is 13.0. The van der Waals surface area contributed by atoms with Crippen molar-refractivity contribution in [1.82, 2.24) is 10.2 Å². The van der Waals surface area contributed by atoms with Crippen LogP contribution in [0.2, 0.25) is 4.34 Å². The second kappa shape index (κ2) is 12.7. The van der Waals surface area contributed by atoms with Gasteiger partial charge in [0.25, 0.3) is 17.7 Å². The fourth-order valence-electron chi connectivity index (χ4n) is 4.30. The topological polar surface area (TPSA) is 137 Å². The van der Waals surface area contributed by atoms with Crippen LogP contribution in [0.4, 0.5) is 18.9 Å². The highest BCUT2D eigenvalue weighted by Gasteiger charge is 2.39. The molecule has 0 spiro atoms. The minimum Gasteiger partial charge on any atom is -0.483 e. The van der Waals surface area contributed by atoms with E-state index in [9.17, 15) is 27.6 Å². The molecular weight excluding hydrogens is 625 g/mol. The van der Waals surface area contributed by atoms with Crippen molar-refractivity contribution in [3.8, 4) is 5.75 Å². The number of carbonyl (C=O) groups excluding carboxylic acids is 3. The van der Waals surface area contributed by atoms with Gasteiger partial charge in [0.15, 0.2) is 6.10 Å². The summed E-state index contributed by atoms with van der Waals surface area (Å²) in [5, 5.41) is 13.2. The molecule has 0 fully saturated rings. The number of benzene rings is 2. The summed E-state index contributed by atoms with van der Waals surface area (Å²) >= 11 is 7.07. The molecule has 5 rings (SSSR count). The SMILES string of the molecule is CC(Oc1cccc(CN2C(=O)c3cccc(NC(=O)c4ccc(Cl)s4)c3C2=O)c1)C1=NCC(C)(C)N1.O=C(O)C(F)(F)F. The number of hydrogen-bond acceptors (Lipinski definition) is 8. The van der Waals surface area contributed by atoms with Crippen LogP contribution in [0.15, 0.2) is 59.6 Å². The number of carboxylic acid groups (broad SMARTS) is 1. The molecule has 2 aromatic carbocycles. The summed E-state index contributed by atoms with van der Waals surface area (Å²) < 4.78 is 38.3. The third kappa shape index (κ3) is 7.55. The molecule has 3 aromatic rings. The molecular formula is C29H26ClF3N4O6S. The van der Waals surface area contributed by atoms with Crippen molar-refractivity contribution in [3.63, 3.8) is 0 Å². The van der Waals surface area contributed by atoms with Crippen LogP contribution in [-0.4, -0.2) is 63.9 Å². The van der Waals surface area contributed by atoms with E-state index < -0.39 is 29.9 Å². The van der Waals surface area contributed by atoms with Gasteiger partial charge < -0.3 is 20.5 Å². The number of amides is 3. The van der Waals surface area contributed by atoms with E-state index in [-0.39, 0.29) is 35.0 Å². The van der Waals surface area contributed by atoms with Crippen molar-refractivity contribution in [2.75, 3.05) is 11.9 Å². The van der Waals surface area contributed by atoms with Crippen LogP contribution in [-0.2, 0) is 11.3 Å². The van der Waals surface area contributed by atoms with Crippen LogP contribution >= 0.6 is 22.9 Å². The molecule has 1 unspecified atom stereocenters. The number of carbonyl (C=O) groups is 4. The average Bonchev–Trinajstić information content (AvgIpc) is 3.61. The van der Waals surface area contributed by atoms with Gasteiger partial charge in [-0.05, 0) is 62.7 Å². The Labute approximate surface area is 258 Å². The van der Waals surface area contributed by atoms with E-state index in [1.54, 1.807) is 30.3 Å². The second-order valence-electron chi connectivity index (χ2n) is 10.4. The quantitative estimate of drug-likeness (QED) is 0.282. The number of alkyl halides is 3. The normalized spacial score (nSPS) is 15.9. The molecule has 3 amide bonds. The lowest BCUT2D eigenvalue weighted by atomic mass is 10.1. The molecule has 1 aromatic heterocycles. The largest absolute Gasteiger partial charge is 0.490 e. The number of thiophene rings is 1. The smallest absolute Gasteiger partial charge is 0.483 e. The van der Waals surface area contributed by atoms with Crippen LogP contribution in [0.1, 0.15) is 56.7 Å². The first-order chi connectivity index (χ1) is 20.6. The summed E-state index contributed by atoms with van der Waals surface area (Å²) in [5.41, 5.74) is 1.35. The summed E-state index contributed by atoms with van der Waals surface area (Å²) in [6.45, 7) is 6.82. The molecule has 10 nitrogen and oxygen atoms in total. The zero-order valence-electron chi connectivity index (χ0n) is 23.5. The molecule has 44 heavy (non-hydrogen) atoms. The van der Waals surface area contributed by atoms with Crippen molar-refractivity contribution in [2.45, 2.75) is 45.1 Å². The monoisotopic (exact) mass is 650 g/mol. The van der Waals surface area contributed by atoms with Gasteiger partial charge in [0.1, 0.15) is 11.6 Å². The number of anilines is 1. The summed E-state index contributed by atoms with van der Waals surface area (Å²) in [6.07, 6.45) is -5.36. The van der Waals surface area contributed by atoms with E-state index in [0.29, 0.717) is 21.5 Å². The Bertz CT molecular complexity index is 1660. The summed E-state index contributed by atoms with van der Waals surface area (Å²) in [5.74, 6) is -2.64. The number of amidine groups is 1. The summed E-state index contributed by atoms with van der Waals surface area (Å²) in [6, 6.07) is 15.4. The first-order valence-corrected chi connectivity index (χ1v) is 14.2. The number of nitrogens with zero attached hydrogens (tertiary/aromatic N) is 2. The first kappa shape index (κ1) is 32.5. The molecule has 2 aliphatic rings. The molecule has 3 N–H and O–H groups in total. The molecule has 3 heterocycles. The van der Waals surface area contributed by atoms with Crippen molar-refractivity contribution < 1.29 is 42.2 Å². The van der Waals surface area contributed by atoms with E-state index in [4.69, 9.17) is 26.2 Å². The maximum atomic E-state index is 13.3. The minimum atomic E-state index is -5.08. The van der Waals surface area contributed by atoms with Crippen molar-refractivity contribution in [2.24, 2.45) is 4.99 Å². The fourth-order valence-corrected chi connectivity index (χ4v) is 5.24. The van der Waals surface area contributed by atoms with Gasteiger partial charge in [-0.15, -0.1) is 11.3 Å². The number of carboxylic acids is 1. The number of aliphatic carboxylic acids is 1. The van der Waals surface area contributed by atoms with Gasteiger partial charge in [0.2, 0.25) is 0 Å². The second-order valence-corrected chi connectivity index (χ2v) is 12.1. The Balaban J connectivity index is 0.000000566. The van der Waals surface area contributed by atoms with Gasteiger partial charge in [-0.1, -0.05) is 29.8 Å². The van der Waals surface area contributed by atoms with Crippen LogP contribution in [0.5, 0.6) is 5.75 Å². The van der Waals surface area contributed by atoms with Gasteiger partial charge in [-0.25, -0.2) is 4.79 Å². The lowest BCUT2D eigenvalue weighted by Gasteiger charge is -2.22. The van der Waals surface area contributed by atoms with Crippen LogP contribution < -0.4 is 15.4 Å². The highest BCUT2D eigenvalue weighted by atomic mass is 35.5. The predicted molar refractivity (Wildman–Crippen MR) is 158 cm³/mol. The minimum absolute atomic E-state index is 0.0675. The molecule has 0 saturated carbocycles. The number of hydrogen-bond donors (Lipinski definition) is 3. The van der Waals surface area contributed by atoms with Crippen LogP contribution in [0.25, 0.3) is 0 Å². The fraction of sp³-hybridized carbons (Fsp3) is 0.276. The number of ether oxygens (including phenoxy) is 1. The number of aliphatic imine (C=N–C) groups is 1. The molecule has 2 aliphatic heterocycles. The molecule has 0 saturated heterocycles. The van der Waals surface area contributed by atoms with Gasteiger partial charge in [-0.2, -0.15) is 13.2 Å². The number of rotatable bonds is 7. The van der Waals surface area contributed by atoms with Gasteiger partial charge in [-0.3, -0.25) is 24.3 Å². The number of halogens is 4. The van der Waals surface area contributed by atoms with Crippen molar-refractivity contribution in [3.05, 3.63) is 80.5 Å².